The highest BCUT2D eigenvalue weighted by Gasteiger charge is 2.14. The minimum absolute atomic E-state index is 0.113. The van der Waals surface area contributed by atoms with E-state index in [1.807, 2.05) is 26.0 Å². The van der Waals surface area contributed by atoms with Crippen LogP contribution in [0.5, 0.6) is 0 Å². The number of hydrogen-bond donors (Lipinski definition) is 0. The second-order valence-electron chi connectivity index (χ2n) is 4.67. The van der Waals surface area contributed by atoms with E-state index in [1.165, 1.54) is 7.11 Å². The third-order valence-electron chi connectivity index (χ3n) is 2.63. The van der Waals surface area contributed by atoms with Gasteiger partial charge in [0.15, 0.2) is 0 Å². The largest absolute Gasteiger partial charge is 0.469 e. The summed E-state index contributed by atoms with van der Waals surface area (Å²) < 4.78 is 4.61. The van der Waals surface area contributed by atoms with Crippen LogP contribution in [-0.2, 0) is 20.9 Å². The maximum absolute atomic E-state index is 12.1. The SMILES string of the molecule is COC(=O)CCN(Cc1cccnc1)C(=O)C=C(C)C. The minimum atomic E-state index is -0.328. The van der Waals surface area contributed by atoms with E-state index in [2.05, 4.69) is 9.72 Å². The van der Waals surface area contributed by atoms with Gasteiger partial charge in [-0.2, -0.15) is 0 Å². The third kappa shape index (κ3) is 5.65. The van der Waals surface area contributed by atoms with Crippen LogP contribution >= 0.6 is 0 Å². The minimum Gasteiger partial charge on any atom is -0.469 e. The van der Waals surface area contributed by atoms with Crippen LogP contribution in [0.1, 0.15) is 25.8 Å². The van der Waals surface area contributed by atoms with Crippen LogP contribution in [0.4, 0.5) is 0 Å². The summed E-state index contributed by atoms with van der Waals surface area (Å²) in [6.45, 7) is 4.47. The van der Waals surface area contributed by atoms with Crippen LogP contribution in [-0.4, -0.2) is 35.4 Å². The van der Waals surface area contributed by atoms with Gasteiger partial charge >= 0.3 is 5.97 Å². The highest BCUT2D eigenvalue weighted by atomic mass is 16.5. The Hall–Kier alpha value is -2.17. The Balaban J connectivity index is 2.76. The number of ether oxygens (including phenoxy) is 1. The van der Waals surface area contributed by atoms with Gasteiger partial charge in [0.05, 0.1) is 13.5 Å². The van der Waals surface area contributed by atoms with E-state index in [0.717, 1.165) is 11.1 Å². The first-order chi connectivity index (χ1) is 9.52. The second-order valence-corrected chi connectivity index (χ2v) is 4.67. The van der Waals surface area contributed by atoms with E-state index in [1.54, 1.807) is 23.4 Å². The summed E-state index contributed by atoms with van der Waals surface area (Å²) in [6.07, 6.45) is 5.13. The third-order valence-corrected chi connectivity index (χ3v) is 2.63. The van der Waals surface area contributed by atoms with Crippen molar-refractivity contribution in [1.82, 2.24) is 9.88 Å². The molecule has 0 N–H and O–H groups in total. The molecule has 0 saturated carbocycles. The molecule has 0 saturated heterocycles. The van der Waals surface area contributed by atoms with Crippen LogP contribution in [0.15, 0.2) is 36.2 Å². The Morgan fingerprint density at radius 3 is 2.70 bits per heavy atom. The molecule has 0 radical (unpaired) electrons. The molecule has 5 heteroatoms. The second kappa shape index (κ2) is 8.09. The summed E-state index contributed by atoms with van der Waals surface area (Å²) in [5.41, 5.74) is 1.84. The molecule has 0 aliphatic rings. The van der Waals surface area contributed by atoms with Crippen LogP contribution in [0.25, 0.3) is 0 Å². The predicted octanol–water partition coefficient (Wildman–Crippen LogP) is 1.94. The molecule has 0 bridgehead atoms. The van der Waals surface area contributed by atoms with Gasteiger partial charge in [0.1, 0.15) is 0 Å². The normalized spacial score (nSPS) is 9.75. The molecule has 1 rings (SSSR count). The molecule has 5 nitrogen and oxygen atoms in total. The number of carbonyl (C=O) groups excluding carboxylic acids is 2. The maximum Gasteiger partial charge on any atom is 0.307 e. The number of hydrogen-bond acceptors (Lipinski definition) is 4. The molecule has 0 aliphatic heterocycles. The molecule has 20 heavy (non-hydrogen) atoms. The van der Waals surface area contributed by atoms with E-state index in [-0.39, 0.29) is 18.3 Å². The lowest BCUT2D eigenvalue weighted by molar-refractivity contribution is -0.141. The van der Waals surface area contributed by atoms with Gasteiger partial charge in [-0.1, -0.05) is 11.6 Å². The Labute approximate surface area is 119 Å². The molecule has 0 atom stereocenters. The fourth-order valence-electron chi connectivity index (χ4n) is 1.65. The van der Waals surface area contributed by atoms with Gasteiger partial charge in [-0.15, -0.1) is 0 Å². The first-order valence-corrected chi connectivity index (χ1v) is 6.42. The van der Waals surface area contributed by atoms with Crippen molar-refractivity contribution in [2.24, 2.45) is 0 Å². The van der Waals surface area contributed by atoms with Crippen molar-refractivity contribution in [2.75, 3.05) is 13.7 Å². The Morgan fingerprint density at radius 2 is 2.15 bits per heavy atom. The van der Waals surface area contributed by atoms with E-state index in [4.69, 9.17) is 0 Å². The summed E-state index contributed by atoms with van der Waals surface area (Å²) in [7, 11) is 1.34. The number of amides is 1. The quantitative estimate of drug-likeness (QED) is 0.588. The zero-order chi connectivity index (χ0) is 15.0. The maximum atomic E-state index is 12.1. The lowest BCUT2D eigenvalue weighted by atomic mass is 10.2. The fourth-order valence-corrected chi connectivity index (χ4v) is 1.65. The zero-order valence-corrected chi connectivity index (χ0v) is 12.1. The summed E-state index contributed by atoms with van der Waals surface area (Å²) in [5.74, 6) is -0.441. The van der Waals surface area contributed by atoms with Crippen LogP contribution < -0.4 is 0 Å². The Morgan fingerprint density at radius 1 is 1.40 bits per heavy atom. The molecule has 1 amide bonds. The molecule has 0 fully saturated rings. The van der Waals surface area contributed by atoms with Crippen LogP contribution in [0, 0.1) is 0 Å². The van der Waals surface area contributed by atoms with Gasteiger partial charge in [-0.25, -0.2) is 0 Å². The lowest BCUT2D eigenvalue weighted by Gasteiger charge is -2.21. The first kappa shape index (κ1) is 15.9. The Bertz CT molecular complexity index is 479. The summed E-state index contributed by atoms with van der Waals surface area (Å²) >= 11 is 0. The van der Waals surface area contributed by atoms with Gasteiger partial charge < -0.3 is 9.64 Å². The van der Waals surface area contributed by atoms with E-state index in [9.17, 15) is 9.59 Å². The number of methoxy groups -OCH3 is 1. The van der Waals surface area contributed by atoms with Crippen LogP contribution in [0.3, 0.4) is 0 Å². The van der Waals surface area contributed by atoms with Crippen molar-refractivity contribution < 1.29 is 14.3 Å². The number of aromatic nitrogens is 1. The molecular weight excluding hydrogens is 256 g/mol. The number of nitrogens with zero attached hydrogens (tertiary/aromatic N) is 2. The number of carbonyl (C=O) groups is 2. The first-order valence-electron chi connectivity index (χ1n) is 6.42. The smallest absolute Gasteiger partial charge is 0.307 e. The molecule has 0 spiro atoms. The molecule has 1 aromatic heterocycles. The molecule has 108 valence electrons. The number of rotatable bonds is 6. The monoisotopic (exact) mass is 276 g/mol. The highest BCUT2D eigenvalue weighted by molar-refractivity contribution is 5.88. The van der Waals surface area contributed by atoms with Gasteiger partial charge in [0.2, 0.25) is 5.91 Å². The van der Waals surface area contributed by atoms with Crippen molar-refractivity contribution in [1.29, 1.82) is 0 Å². The van der Waals surface area contributed by atoms with Gasteiger partial charge in [-0.3, -0.25) is 14.6 Å². The lowest BCUT2D eigenvalue weighted by Crippen LogP contribution is -2.31. The topological polar surface area (TPSA) is 59.5 Å². The average Bonchev–Trinajstić information content (AvgIpc) is 2.43. The van der Waals surface area contributed by atoms with Crippen molar-refractivity contribution >= 4 is 11.9 Å². The van der Waals surface area contributed by atoms with Crippen molar-refractivity contribution in [2.45, 2.75) is 26.8 Å². The highest BCUT2D eigenvalue weighted by Crippen LogP contribution is 2.06. The van der Waals surface area contributed by atoms with Gasteiger partial charge in [0.25, 0.3) is 0 Å². The van der Waals surface area contributed by atoms with E-state index >= 15 is 0 Å². The molecule has 0 aromatic carbocycles. The summed E-state index contributed by atoms with van der Waals surface area (Å²) in [5, 5.41) is 0. The molecule has 0 aliphatic carbocycles. The zero-order valence-electron chi connectivity index (χ0n) is 12.1. The van der Waals surface area contributed by atoms with Crippen molar-refractivity contribution in [3.63, 3.8) is 0 Å². The van der Waals surface area contributed by atoms with Crippen molar-refractivity contribution in [3.8, 4) is 0 Å². The molecule has 1 heterocycles. The summed E-state index contributed by atoms with van der Waals surface area (Å²) in [4.78, 5) is 29.0. The summed E-state index contributed by atoms with van der Waals surface area (Å²) in [6, 6.07) is 3.72. The molecule has 0 unspecified atom stereocenters. The predicted molar refractivity (Wildman–Crippen MR) is 75.7 cm³/mol. The van der Waals surface area contributed by atoms with Gasteiger partial charge in [-0.05, 0) is 25.5 Å². The number of esters is 1. The standard InChI is InChI=1S/C15H20N2O3/c1-12(2)9-14(18)17(8-6-15(19)20-3)11-13-5-4-7-16-10-13/h4-5,7,9-10H,6,8,11H2,1-3H3. The fraction of sp³-hybridized carbons (Fsp3) is 0.400. The number of pyridine rings is 1. The van der Waals surface area contributed by atoms with Crippen molar-refractivity contribution in [3.05, 3.63) is 41.7 Å². The number of allylic oxidation sites excluding steroid dienone is 1. The molecule has 1 aromatic rings. The van der Waals surface area contributed by atoms with Gasteiger partial charge in [0, 0.05) is 31.6 Å². The molecular formula is C15H20N2O3. The van der Waals surface area contributed by atoms with E-state index in [0.29, 0.717) is 13.1 Å². The van der Waals surface area contributed by atoms with Crippen LogP contribution in [0.2, 0.25) is 0 Å². The Kier molecular flexibility index (Phi) is 6.43. The van der Waals surface area contributed by atoms with E-state index < -0.39 is 0 Å². The average molecular weight is 276 g/mol.